The van der Waals surface area contributed by atoms with Gasteiger partial charge in [0.1, 0.15) is 11.5 Å². The van der Waals surface area contributed by atoms with Crippen LogP contribution in [-0.4, -0.2) is 20.0 Å². The minimum atomic E-state index is -0.246. The van der Waals surface area contributed by atoms with Crippen LogP contribution in [0.25, 0.3) is 0 Å². The van der Waals surface area contributed by atoms with Crippen LogP contribution in [0.15, 0.2) is 36.4 Å². The number of carbonyl (C=O) groups excluding carboxylic acids is 1. The second-order valence-corrected chi connectivity index (χ2v) is 4.56. The normalized spacial score (nSPS) is 10.2. The van der Waals surface area contributed by atoms with Crippen molar-refractivity contribution in [2.75, 3.05) is 20.0 Å². The van der Waals surface area contributed by atoms with Gasteiger partial charge in [-0.15, -0.1) is 0 Å². The first kappa shape index (κ1) is 14.2. The molecule has 0 heterocycles. The Labute approximate surface area is 122 Å². The largest absolute Gasteiger partial charge is 0.497 e. The summed E-state index contributed by atoms with van der Waals surface area (Å²) in [7, 11) is 3.04. The number of ketones is 1. The Morgan fingerprint density at radius 1 is 1.05 bits per heavy atom. The molecule has 4 nitrogen and oxygen atoms in total. The van der Waals surface area contributed by atoms with E-state index >= 15 is 0 Å². The first-order valence-corrected chi connectivity index (χ1v) is 6.26. The highest BCUT2D eigenvalue weighted by molar-refractivity contribution is 6.31. The zero-order valence-electron chi connectivity index (χ0n) is 11.1. The number of anilines is 1. The number of rotatable bonds is 4. The Hall–Kier alpha value is -2.20. The molecule has 0 aliphatic carbocycles. The molecular formula is C15H14ClNO3. The standard InChI is InChI=1S/C15H14ClNO3/c1-19-10-4-5-11(13(17)8-10)15(18)12-7-9(16)3-6-14(12)20-2/h3-8H,17H2,1-2H3. The Balaban J connectivity index is 2.48. The van der Waals surface area contributed by atoms with E-state index in [9.17, 15) is 4.79 Å². The number of ether oxygens (including phenoxy) is 2. The fraction of sp³-hybridized carbons (Fsp3) is 0.133. The van der Waals surface area contributed by atoms with Crippen LogP contribution in [0.4, 0.5) is 5.69 Å². The van der Waals surface area contributed by atoms with E-state index in [0.29, 0.717) is 33.3 Å². The van der Waals surface area contributed by atoms with Gasteiger partial charge in [-0.25, -0.2) is 0 Å². The van der Waals surface area contributed by atoms with Gasteiger partial charge < -0.3 is 15.2 Å². The summed E-state index contributed by atoms with van der Waals surface area (Å²) in [5.41, 5.74) is 6.99. The van der Waals surface area contributed by atoms with E-state index in [2.05, 4.69) is 0 Å². The van der Waals surface area contributed by atoms with Crippen molar-refractivity contribution in [3.05, 3.63) is 52.5 Å². The first-order chi connectivity index (χ1) is 9.56. The first-order valence-electron chi connectivity index (χ1n) is 5.88. The van der Waals surface area contributed by atoms with Crippen molar-refractivity contribution in [1.29, 1.82) is 0 Å². The summed E-state index contributed by atoms with van der Waals surface area (Å²) in [5, 5.41) is 0.459. The summed E-state index contributed by atoms with van der Waals surface area (Å²) < 4.78 is 10.2. The molecule has 5 heteroatoms. The third-order valence-electron chi connectivity index (χ3n) is 2.91. The SMILES string of the molecule is COc1ccc(C(=O)c2cc(Cl)ccc2OC)c(N)c1. The van der Waals surface area contributed by atoms with Gasteiger partial charge in [-0.2, -0.15) is 0 Å². The highest BCUT2D eigenvalue weighted by Gasteiger charge is 2.17. The molecule has 0 spiro atoms. The fourth-order valence-corrected chi connectivity index (χ4v) is 2.05. The molecule has 0 aliphatic heterocycles. The van der Waals surface area contributed by atoms with Crippen LogP contribution < -0.4 is 15.2 Å². The molecule has 2 aromatic carbocycles. The Morgan fingerprint density at radius 3 is 2.40 bits per heavy atom. The highest BCUT2D eigenvalue weighted by Crippen LogP contribution is 2.28. The van der Waals surface area contributed by atoms with Crippen molar-refractivity contribution in [2.45, 2.75) is 0 Å². The maximum absolute atomic E-state index is 12.5. The predicted octanol–water partition coefficient (Wildman–Crippen LogP) is 3.17. The second kappa shape index (κ2) is 5.84. The van der Waals surface area contributed by atoms with E-state index < -0.39 is 0 Å². The van der Waals surface area contributed by atoms with Gasteiger partial charge in [0.25, 0.3) is 0 Å². The van der Waals surface area contributed by atoms with E-state index in [-0.39, 0.29) is 5.78 Å². The number of nitrogens with two attached hydrogens (primary N) is 1. The van der Waals surface area contributed by atoms with Gasteiger partial charge in [0.2, 0.25) is 0 Å². The molecule has 104 valence electrons. The summed E-state index contributed by atoms with van der Waals surface area (Å²) >= 11 is 5.93. The lowest BCUT2D eigenvalue weighted by atomic mass is 10.0. The molecule has 2 aromatic rings. The van der Waals surface area contributed by atoms with Crippen molar-refractivity contribution in [2.24, 2.45) is 0 Å². The number of methoxy groups -OCH3 is 2. The molecule has 0 aromatic heterocycles. The molecule has 0 aliphatic rings. The van der Waals surface area contributed by atoms with Gasteiger partial charge in [-0.1, -0.05) is 11.6 Å². The number of hydrogen-bond donors (Lipinski definition) is 1. The monoisotopic (exact) mass is 291 g/mol. The van der Waals surface area contributed by atoms with Crippen LogP contribution >= 0.6 is 11.6 Å². The summed E-state index contributed by atoms with van der Waals surface area (Å²) in [6.07, 6.45) is 0. The third kappa shape index (κ3) is 2.70. The van der Waals surface area contributed by atoms with Crippen LogP contribution in [0.1, 0.15) is 15.9 Å². The average molecular weight is 292 g/mol. The number of nitrogen functional groups attached to an aromatic ring is 1. The molecule has 0 fully saturated rings. The van der Waals surface area contributed by atoms with Crippen LogP contribution in [0.5, 0.6) is 11.5 Å². The topological polar surface area (TPSA) is 61.5 Å². The lowest BCUT2D eigenvalue weighted by Gasteiger charge is -2.10. The molecule has 0 saturated heterocycles. The van der Waals surface area contributed by atoms with Crippen molar-refractivity contribution in [1.82, 2.24) is 0 Å². The van der Waals surface area contributed by atoms with E-state index in [4.69, 9.17) is 26.8 Å². The number of hydrogen-bond acceptors (Lipinski definition) is 4. The molecule has 0 amide bonds. The van der Waals surface area contributed by atoms with E-state index in [1.54, 1.807) is 36.4 Å². The average Bonchev–Trinajstić information content (AvgIpc) is 2.46. The predicted molar refractivity (Wildman–Crippen MR) is 78.8 cm³/mol. The minimum absolute atomic E-state index is 0.246. The quantitative estimate of drug-likeness (QED) is 0.694. The maximum atomic E-state index is 12.5. The molecule has 0 saturated carbocycles. The molecule has 0 radical (unpaired) electrons. The molecular weight excluding hydrogens is 278 g/mol. The van der Waals surface area contributed by atoms with Crippen molar-refractivity contribution >= 4 is 23.1 Å². The molecule has 0 unspecified atom stereocenters. The molecule has 2 N–H and O–H groups in total. The van der Waals surface area contributed by atoms with Crippen LogP contribution in [0.2, 0.25) is 5.02 Å². The van der Waals surface area contributed by atoms with Gasteiger partial charge in [0.05, 0.1) is 19.8 Å². The lowest BCUT2D eigenvalue weighted by Crippen LogP contribution is -2.07. The van der Waals surface area contributed by atoms with Gasteiger partial charge in [-0.3, -0.25) is 4.79 Å². The third-order valence-corrected chi connectivity index (χ3v) is 3.14. The Bertz CT molecular complexity index is 656. The minimum Gasteiger partial charge on any atom is -0.497 e. The highest BCUT2D eigenvalue weighted by atomic mass is 35.5. The maximum Gasteiger partial charge on any atom is 0.198 e. The second-order valence-electron chi connectivity index (χ2n) is 4.13. The molecule has 2 rings (SSSR count). The summed E-state index contributed by atoms with van der Waals surface area (Å²) in [4.78, 5) is 12.5. The summed E-state index contributed by atoms with van der Waals surface area (Å²) in [6, 6.07) is 9.78. The van der Waals surface area contributed by atoms with Gasteiger partial charge in [0, 0.05) is 22.3 Å². The van der Waals surface area contributed by atoms with Gasteiger partial charge in [0.15, 0.2) is 5.78 Å². The Morgan fingerprint density at radius 2 is 1.80 bits per heavy atom. The number of carbonyl (C=O) groups is 1. The van der Waals surface area contributed by atoms with Crippen LogP contribution in [0.3, 0.4) is 0 Å². The van der Waals surface area contributed by atoms with E-state index in [0.717, 1.165) is 0 Å². The van der Waals surface area contributed by atoms with E-state index in [1.807, 2.05) is 0 Å². The van der Waals surface area contributed by atoms with Crippen molar-refractivity contribution in [3.63, 3.8) is 0 Å². The smallest absolute Gasteiger partial charge is 0.198 e. The molecule has 20 heavy (non-hydrogen) atoms. The van der Waals surface area contributed by atoms with Crippen LogP contribution in [0, 0.1) is 0 Å². The lowest BCUT2D eigenvalue weighted by molar-refractivity contribution is 0.103. The fourth-order valence-electron chi connectivity index (χ4n) is 1.88. The zero-order chi connectivity index (χ0) is 14.7. The Kier molecular flexibility index (Phi) is 4.15. The summed E-state index contributed by atoms with van der Waals surface area (Å²) in [6.45, 7) is 0. The molecule has 0 bridgehead atoms. The van der Waals surface area contributed by atoms with Crippen molar-refractivity contribution in [3.8, 4) is 11.5 Å². The number of benzene rings is 2. The van der Waals surface area contributed by atoms with Gasteiger partial charge >= 0.3 is 0 Å². The zero-order valence-corrected chi connectivity index (χ0v) is 11.9. The molecule has 0 atom stereocenters. The number of halogens is 1. The summed E-state index contributed by atoms with van der Waals surface area (Å²) in [5.74, 6) is 0.802. The van der Waals surface area contributed by atoms with Crippen LogP contribution in [-0.2, 0) is 0 Å². The van der Waals surface area contributed by atoms with Crippen molar-refractivity contribution < 1.29 is 14.3 Å². The van der Waals surface area contributed by atoms with Gasteiger partial charge in [-0.05, 0) is 30.3 Å². The van der Waals surface area contributed by atoms with E-state index in [1.165, 1.54) is 14.2 Å².